The van der Waals surface area contributed by atoms with Crippen molar-refractivity contribution in [2.75, 3.05) is 11.4 Å². The number of anilines is 1. The minimum absolute atomic E-state index is 0.171. The molecule has 1 aliphatic rings. The molecule has 0 unspecified atom stereocenters. The zero-order valence-electron chi connectivity index (χ0n) is 11.4. The number of carboxylic acid groups (broad SMARTS) is 1. The Morgan fingerprint density at radius 2 is 2.16 bits per heavy atom. The molecule has 3 nitrogen and oxygen atoms in total. The lowest BCUT2D eigenvalue weighted by Gasteiger charge is -2.26. The van der Waals surface area contributed by atoms with Gasteiger partial charge in [0.25, 0.3) is 0 Å². The fourth-order valence-corrected chi connectivity index (χ4v) is 2.42. The van der Waals surface area contributed by atoms with Crippen molar-refractivity contribution in [2.45, 2.75) is 39.2 Å². The topological polar surface area (TPSA) is 40.5 Å². The molecule has 0 spiro atoms. The molecule has 1 aliphatic carbocycles. The molecule has 104 valence electrons. The number of carboxylic acids is 1. The van der Waals surface area contributed by atoms with Crippen LogP contribution in [-0.2, 0) is 0 Å². The quantitative estimate of drug-likeness (QED) is 0.855. The number of hydrogen-bond donors (Lipinski definition) is 1. The van der Waals surface area contributed by atoms with Gasteiger partial charge in [-0.25, -0.2) is 4.79 Å². The molecule has 0 aliphatic heterocycles. The Morgan fingerprint density at radius 3 is 2.63 bits per heavy atom. The molecule has 4 heteroatoms. The normalized spacial score (nSPS) is 14.7. The molecule has 1 aromatic carbocycles. The van der Waals surface area contributed by atoms with Crippen LogP contribution in [0, 0.1) is 5.92 Å². The van der Waals surface area contributed by atoms with Gasteiger partial charge in [0.2, 0.25) is 0 Å². The number of nitrogens with zero attached hydrogens (tertiary/aromatic N) is 1. The standard InChI is InChI=1S/C15H20ClNO2/c1-10(2)7-8-17(11-3-4-11)12-5-6-13(15(18)19)14(16)9-12/h5-6,9-11H,3-4,7-8H2,1-2H3,(H,18,19). The third-order valence-electron chi connectivity index (χ3n) is 3.45. The van der Waals surface area contributed by atoms with Gasteiger partial charge in [-0.1, -0.05) is 25.4 Å². The Hall–Kier alpha value is -1.22. The maximum absolute atomic E-state index is 11.0. The largest absolute Gasteiger partial charge is 0.478 e. The summed E-state index contributed by atoms with van der Waals surface area (Å²) in [5.74, 6) is -0.313. The molecular formula is C15H20ClNO2. The van der Waals surface area contributed by atoms with Crippen LogP contribution in [-0.4, -0.2) is 23.7 Å². The van der Waals surface area contributed by atoms with Gasteiger partial charge in [-0.3, -0.25) is 0 Å². The van der Waals surface area contributed by atoms with Crippen LogP contribution in [0.5, 0.6) is 0 Å². The minimum atomic E-state index is -0.975. The Balaban J connectivity index is 2.17. The summed E-state index contributed by atoms with van der Waals surface area (Å²) in [7, 11) is 0. The molecule has 0 amide bonds. The van der Waals surface area contributed by atoms with E-state index >= 15 is 0 Å². The SMILES string of the molecule is CC(C)CCN(c1ccc(C(=O)O)c(Cl)c1)C1CC1. The van der Waals surface area contributed by atoms with Crippen molar-refractivity contribution in [2.24, 2.45) is 5.92 Å². The molecule has 19 heavy (non-hydrogen) atoms. The predicted octanol–water partition coefficient (Wildman–Crippen LogP) is 4.05. The highest BCUT2D eigenvalue weighted by atomic mass is 35.5. The van der Waals surface area contributed by atoms with Gasteiger partial charge in [0.05, 0.1) is 10.6 Å². The van der Waals surface area contributed by atoms with Crippen LogP contribution in [0.25, 0.3) is 0 Å². The van der Waals surface area contributed by atoms with Crippen LogP contribution in [0.15, 0.2) is 18.2 Å². The highest BCUT2D eigenvalue weighted by Crippen LogP contribution is 2.34. The Morgan fingerprint density at radius 1 is 1.47 bits per heavy atom. The van der Waals surface area contributed by atoms with Crippen molar-refractivity contribution in [3.8, 4) is 0 Å². The maximum Gasteiger partial charge on any atom is 0.337 e. The lowest BCUT2D eigenvalue weighted by molar-refractivity contribution is 0.0697. The lowest BCUT2D eigenvalue weighted by Crippen LogP contribution is -2.27. The van der Waals surface area contributed by atoms with Crippen LogP contribution in [0.1, 0.15) is 43.5 Å². The lowest BCUT2D eigenvalue weighted by atomic mass is 10.1. The Kier molecular flexibility index (Phi) is 4.35. The van der Waals surface area contributed by atoms with Crippen LogP contribution >= 0.6 is 11.6 Å². The van der Waals surface area contributed by atoms with E-state index in [4.69, 9.17) is 16.7 Å². The molecule has 0 radical (unpaired) electrons. The molecular weight excluding hydrogens is 262 g/mol. The van der Waals surface area contributed by atoms with Gasteiger partial charge >= 0.3 is 5.97 Å². The average molecular weight is 282 g/mol. The average Bonchev–Trinajstić information content (AvgIpc) is 3.13. The summed E-state index contributed by atoms with van der Waals surface area (Å²) >= 11 is 6.05. The second-order valence-corrected chi connectivity index (χ2v) is 5.98. The van der Waals surface area contributed by atoms with Crippen LogP contribution in [0.2, 0.25) is 5.02 Å². The molecule has 0 heterocycles. The second kappa shape index (κ2) is 5.83. The van der Waals surface area contributed by atoms with E-state index in [2.05, 4.69) is 18.7 Å². The predicted molar refractivity (Wildman–Crippen MR) is 78.2 cm³/mol. The van der Waals surface area contributed by atoms with Gasteiger partial charge in [0, 0.05) is 18.3 Å². The van der Waals surface area contributed by atoms with Gasteiger partial charge in [0.1, 0.15) is 0 Å². The third kappa shape index (κ3) is 3.63. The number of hydrogen-bond acceptors (Lipinski definition) is 2. The first-order valence-corrected chi connectivity index (χ1v) is 7.16. The van der Waals surface area contributed by atoms with Gasteiger partial charge in [-0.15, -0.1) is 0 Å². The van der Waals surface area contributed by atoms with Crippen molar-refractivity contribution in [1.29, 1.82) is 0 Å². The number of rotatable bonds is 6. The Bertz CT molecular complexity index is 469. The number of carbonyl (C=O) groups is 1. The summed E-state index contributed by atoms with van der Waals surface area (Å²) < 4.78 is 0. The first-order chi connectivity index (χ1) is 8.99. The van der Waals surface area contributed by atoms with Crippen molar-refractivity contribution >= 4 is 23.3 Å². The van der Waals surface area contributed by atoms with Crippen molar-refractivity contribution in [3.05, 3.63) is 28.8 Å². The summed E-state index contributed by atoms with van der Waals surface area (Å²) in [4.78, 5) is 13.3. The number of benzene rings is 1. The summed E-state index contributed by atoms with van der Waals surface area (Å²) in [6.07, 6.45) is 3.57. The number of halogens is 1. The Labute approximate surface area is 119 Å². The fourth-order valence-electron chi connectivity index (χ4n) is 2.16. The maximum atomic E-state index is 11.0. The van der Waals surface area contributed by atoms with Crippen molar-refractivity contribution in [1.82, 2.24) is 0 Å². The van der Waals surface area contributed by atoms with Gasteiger partial charge in [-0.2, -0.15) is 0 Å². The smallest absolute Gasteiger partial charge is 0.337 e. The summed E-state index contributed by atoms with van der Waals surface area (Å²) in [6.45, 7) is 5.43. The van der Waals surface area contributed by atoms with E-state index in [1.54, 1.807) is 12.1 Å². The molecule has 1 N–H and O–H groups in total. The molecule has 0 saturated heterocycles. The van der Waals surface area contributed by atoms with Crippen molar-refractivity contribution < 1.29 is 9.90 Å². The molecule has 0 bridgehead atoms. The highest BCUT2D eigenvalue weighted by Gasteiger charge is 2.29. The van der Waals surface area contributed by atoms with E-state index in [1.807, 2.05) is 6.07 Å². The molecule has 1 fully saturated rings. The van der Waals surface area contributed by atoms with E-state index in [1.165, 1.54) is 12.8 Å². The van der Waals surface area contributed by atoms with E-state index in [9.17, 15) is 4.79 Å². The van der Waals surface area contributed by atoms with Crippen LogP contribution in [0.3, 0.4) is 0 Å². The monoisotopic (exact) mass is 281 g/mol. The number of aromatic carboxylic acids is 1. The van der Waals surface area contributed by atoms with E-state index < -0.39 is 5.97 Å². The minimum Gasteiger partial charge on any atom is -0.478 e. The van der Waals surface area contributed by atoms with E-state index in [0.29, 0.717) is 17.0 Å². The molecule has 0 atom stereocenters. The van der Waals surface area contributed by atoms with Crippen molar-refractivity contribution in [3.63, 3.8) is 0 Å². The van der Waals surface area contributed by atoms with Gasteiger partial charge in [0.15, 0.2) is 0 Å². The zero-order chi connectivity index (χ0) is 14.0. The van der Waals surface area contributed by atoms with Gasteiger partial charge in [-0.05, 0) is 43.4 Å². The molecule has 2 rings (SSSR count). The summed E-state index contributed by atoms with van der Waals surface area (Å²) in [6, 6.07) is 5.85. The first kappa shape index (κ1) is 14.2. The molecule has 0 aromatic heterocycles. The second-order valence-electron chi connectivity index (χ2n) is 5.58. The molecule has 1 aromatic rings. The highest BCUT2D eigenvalue weighted by molar-refractivity contribution is 6.33. The van der Waals surface area contributed by atoms with E-state index in [-0.39, 0.29) is 5.56 Å². The van der Waals surface area contributed by atoms with E-state index in [0.717, 1.165) is 18.7 Å². The summed E-state index contributed by atoms with van der Waals surface area (Å²) in [5, 5.41) is 9.31. The van der Waals surface area contributed by atoms with Gasteiger partial charge < -0.3 is 10.0 Å². The summed E-state index contributed by atoms with van der Waals surface area (Å²) in [5.41, 5.74) is 1.21. The third-order valence-corrected chi connectivity index (χ3v) is 3.76. The fraction of sp³-hybridized carbons (Fsp3) is 0.533. The zero-order valence-corrected chi connectivity index (χ0v) is 12.2. The molecule has 1 saturated carbocycles. The van der Waals surface area contributed by atoms with Crippen LogP contribution in [0.4, 0.5) is 5.69 Å². The van der Waals surface area contributed by atoms with Crippen LogP contribution < -0.4 is 4.90 Å². The first-order valence-electron chi connectivity index (χ1n) is 6.78.